The molecule has 1 heterocycles. The molecule has 0 radical (unpaired) electrons. The van der Waals surface area contributed by atoms with Gasteiger partial charge in [-0.2, -0.15) is 0 Å². The van der Waals surface area contributed by atoms with Crippen LogP contribution in [0.3, 0.4) is 0 Å². The van der Waals surface area contributed by atoms with Gasteiger partial charge in [0, 0.05) is 17.4 Å². The van der Waals surface area contributed by atoms with Crippen LogP contribution in [0.15, 0.2) is 35.1 Å². The Labute approximate surface area is 141 Å². The van der Waals surface area contributed by atoms with E-state index in [4.69, 9.17) is 4.74 Å². The fourth-order valence-electron chi connectivity index (χ4n) is 2.16. The van der Waals surface area contributed by atoms with E-state index in [-0.39, 0.29) is 11.5 Å². The standard InChI is InChI=1S/C18H23N3O3/c1-3-5-6-15-12-16(22)21-18(20-15)19-14-9-7-13(8-10-14)17(23)24-11-4-2/h7-10,12H,3-6,11H2,1-2H3,(H2,19,20,21,22). The van der Waals surface area contributed by atoms with E-state index in [1.165, 1.54) is 6.07 Å². The molecule has 2 rings (SSSR count). The van der Waals surface area contributed by atoms with E-state index in [1.807, 2.05) is 6.92 Å². The van der Waals surface area contributed by atoms with Crippen LogP contribution >= 0.6 is 0 Å². The number of aryl methyl sites for hydroxylation is 1. The lowest BCUT2D eigenvalue weighted by molar-refractivity contribution is 0.0505. The molecule has 0 fully saturated rings. The molecule has 0 saturated carbocycles. The molecule has 0 unspecified atom stereocenters. The van der Waals surface area contributed by atoms with Crippen molar-refractivity contribution >= 4 is 17.6 Å². The summed E-state index contributed by atoms with van der Waals surface area (Å²) in [6.07, 6.45) is 3.60. The number of aromatic amines is 1. The average Bonchev–Trinajstić information content (AvgIpc) is 2.58. The third kappa shape index (κ3) is 5.22. The van der Waals surface area contributed by atoms with Gasteiger partial charge >= 0.3 is 5.97 Å². The van der Waals surface area contributed by atoms with E-state index in [0.717, 1.165) is 37.1 Å². The van der Waals surface area contributed by atoms with E-state index in [0.29, 0.717) is 18.1 Å². The number of rotatable bonds is 8. The number of ether oxygens (including phenoxy) is 1. The van der Waals surface area contributed by atoms with Crippen molar-refractivity contribution in [1.82, 2.24) is 9.97 Å². The van der Waals surface area contributed by atoms with E-state index in [1.54, 1.807) is 24.3 Å². The van der Waals surface area contributed by atoms with Crippen molar-refractivity contribution in [2.75, 3.05) is 11.9 Å². The first kappa shape index (κ1) is 17.7. The Morgan fingerprint density at radius 2 is 1.96 bits per heavy atom. The zero-order valence-electron chi connectivity index (χ0n) is 14.1. The van der Waals surface area contributed by atoms with Crippen LogP contribution in [-0.2, 0) is 11.2 Å². The fourth-order valence-corrected chi connectivity index (χ4v) is 2.16. The highest BCUT2D eigenvalue weighted by Gasteiger charge is 2.07. The highest BCUT2D eigenvalue weighted by Crippen LogP contribution is 2.14. The van der Waals surface area contributed by atoms with E-state index < -0.39 is 0 Å². The number of H-pyrrole nitrogens is 1. The number of hydrogen-bond donors (Lipinski definition) is 2. The Kier molecular flexibility index (Phi) is 6.54. The first-order chi connectivity index (χ1) is 11.6. The number of nitrogens with one attached hydrogen (secondary N) is 2. The van der Waals surface area contributed by atoms with Gasteiger partial charge in [0.25, 0.3) is 5.56 Å². The Morgan fingerprint density at radius 1 is 1.21 bits per heavy atom. The second-order valence-corrected chi connectivity index (χ2v) is 5.53. The summed E-state index contributed by atoms with van der Waals surface area (Å²) in [6, 6.07) is 8.38. The highest BCUT2D eigenvalue weighted by molar-refractivity contribution is 5.89. The Balaban J connectivity index is 2.07. The number of aromatic nitrogens is 2. The number of esters is 1. The summed E-state index contributed by atoms with van der Waals surface area (Å²) in [5, 5.41) is 3.05. The van der Waals surface area contributed by atoms with Crippen molar-refractivity contribution < 1.29 is 9.53 Å². The third-order valence-corrected chi connectivity index (χ3v) is 3.40. The monoisotopic (exact) mass is 329 g/mol. The average molecular weight is 329 g/mol. The molecule has 2 aromatic rings. The van der Waals surface area contributed by atoms with Gasteiger partial charge in [0.15, 0.2) is 0 Å². The van der Waals surface area contributed by atoms with Crippen LogP contribution in [0.25, 0.3) is 0 Å². The maximum absolute atomic E-state index is 11.8. The Bertz CT molecular complexity index is 723. The molecule has 0 spiro atoms. The number of carbonyl (C=O) groups is 1. The van der Waals surface area contributed by atoms with Crippen molar-refractivity contribution in [2.45, 2.75) is 39.5 Å². The molecule has 24 heavy (non-hydrogen) atoms. The Morgan fingerprint density at radius 3 is 2.62 bits per heavy atom. The minimum absolute atomic E-state index is 0.182. The molecule has 1 aromatic carbocycles. The number of nitrogens with zero attached hydrogens (tertiary/aromatic N) is 1. The topological polar surface area (TPSA) is 84.1 Å². The van der Waals surface area contributed by atoms with Gasteiger partial charge in [0.2, 0.25) is 5.95 Å². The number of benzene rings is 1. The molecule has 128 valence electrons. The number of anilines is 2. The molecular formula is C18H23N3O3. The number of unbranched alkanes of at least 4 members (excludes halogenated alkanes) is 1. The summed E-state index contributed by atoms with van der Waals surface area (Å²) in [4.78, 5) is 30.5. The summed E-state index contributed by atoms with van der Waals surface area (Å²) >= 11 is 0. The smallest absolute Gasteiger partial charge is 0.338 e. The van der Waals surface area contributed by atoms with Crippen LogP contribution in [0.2, 0.25) is 0 Å². The summed E-state index contributed by atoms with van der Waals surface area (Å²) < 4.78 is 5.09. The first-order valence-electron chi connectivity index (χ1n) is 8.26. The predicted octanol–water partition coefficient (Wildman–Crippen LogP) is 3.42. The summed E-state index contributed by atoms with van der Waals surface area (Å²) in [7, 11) is 0. The minimum atomic E-state index is -0.337. The lowest BCUT2D eigenvalue weighted by Crippen LogP contribution is -2.12. The number of carbonyl (C=O) groups excluding carboxylic acids is 1. The van der Waals surface area contributed by atoms with Crippen LogP contribution in [0.1, 0.15) is 49.2 Å². The molecule has 0 amide bonds. The van der Waals surface area contributed by atoms with Crippen molar-refractivity contribution in [3.05, 3.63) is 51.9 Å². The molecule has 6 heteroatoms. The Hall–Kier alpha value is -2.63. The van der Waals surface area contributed by atoms with Crippen LogP contribution in [0.5, 0.6) is 0 Å². The summed E-state index contributed by atoms with van der Waals surface area (Å²) in [5.41, 5.74) is 1.81. The quantitative estimate of drug-likeness (QED) is 0.725. The second kappa shape index (κ2) is 8.86. The number of hydrogen-bond acceptors (Lipinski definition) is 5. The van der Waals surface area contributed by atoms with Gasteiger partial charge in [-0.25, -0.2) is 9.78 Å². The zero-order chi connectivity index (χ0) is 17.4. The van der Waals surface area contributed by atoms with Gasteiger partial charge in [-0.15, -0.1) is 0 Å². The predicted molar refractivity (Wildman–Crippen MR) is 93.8 cm³/mol. The zero-order valence-corrected chi connectivity index (χ0v) is 14.1. The largest absolute Gasteiger partial charge is 0.462 e. The van der Waals surface area contributed by atoms with Crippen molar-refractivity contribution in [3.63, 3.8) is 0 Å². The van der Waals surface area contributed by atoms with Crippen molar-refractivity contribution in [3.8, 4) is 0 Å². The minimum Gasteiger partial charge on any atom is -0.462 e. The van der Waals surface area contributed by atoms with Crippen LogP contribution in [0, 0.1) is 0 Å². The van der Waals surface area contributed by atoms with Gasteiger partial charge in [-0.1, -0.05) is 20.3 Å². The van der Waals surface area contributed by atoms with Gasteiger partial charge in [-0.3, -0.25) is 9.78 Å². The van der Waals surface area contributed by atoms with Crippen LogP contribution in [-0.4, -0.2) is 22.5 Å². The van der Waals surface area contributed by atoms with Crippen LogP contribution in [0.4, 0.5) is 11.6 Å². The lowest BCUT2D eigenvalue weighted by Gasteiger charge is -2.08. The lowest BCUT2D eigenvalue weighted by atomic mass is 10.2. The molecule has 0 atom stereocenters. The second-order valence-electron chi connectivity index (χ2n) is 5.53. The van der Waals surface area contributed by atoms with Crippen molar-refractivity contribution in [2.24, 2.45) is 0 Å². The van der Waals surface area contributed by atoms with Gasteiger partial charge in [0.05, 0.1) is 12.2 Å². The van der Waals surface area contributed by atoms with E-state index in [2.05, 4.69) is 22.2 Å². The molecule has 0 aliphatic rings. The summed E-state index contributed by atoms with van der Waals surface area (Å²) in [6.45, 7) is 4.46. The maximum atomic E-state index is 11.8. The molecular weight excluding hydrogens is 306 g/mol. The molecule has 2 N–H and O–H groups in total. The third-order valence-electron chi connectivity index (χ3n) is 3.40. The molecule has 0 bridgehead atoms. The van der Waals surface area contributed by atoms with Gasteiger partial charge in [0.1, 0.15) is 0 Å². The molecule has 0 saturated heterocycles. The summed E-state index contributed by atoms with van der Waals surface area (Å²) in [5.74, 6) is 0.0615. The van der Waals surface area contributed by atoms with E-state index >= 15 is 0 Å². The molecule has 0 aliphatic carbocycles. The highest BCUT2D eigenvalue weighted by atomic mass is 16.5. The van der Waals surface area contributed by atoms with Crippen LogP contribution < -0.4 is 10.9 Å². The first-order valence-corrected chi connectivity index (χ1v) is 8.26. The van der Waals surface area contributed by atoms with Crippen molar-refractivity contribution in [1.29, 1.82) is 0 Å². The van der Waals surface area contributed by atoms with Gasteiger partial charge in [-0.05, 0) is 43.5 Å². The van der Waals surface area contributed by atoms with Gasteiger partial charge < -0.3 is 10.1 Å². The SMILES string of the molecule is CCCCc1cc(=O)[nH]c(Nc2ccc(C(=O)OCCC)cc2)n1. The molecule has 1 aromatic heterocycles. The molecule has 6 nitrogen and oxygen atoms in total. The van der Waals surface area contributed by atoms with E-state index in [9.17, 15) is 9.59 Å². The normalized spacial score (nSPS) is 10.4. The molecule has 0 aliphatic heterocycles. The maximum Gasteiger partial charge on any atom is 0.338 e. The fraction of sp³-hybridized carbons (Fsp3) is 0.389.